The van der Waals surface area contributed by atoms with E-state index in [1.165, 1.54) is 19.2 Å². The smallest absolute Gasteiger partial charge is 0.328 e. The van der Waals surface area contributed by atoms with Crippen molar-refractivity contribution in [1.29, 1.82) is 0 Å². The van der Waals surface area contributed by atoms with Gasteiger partial charge in [-0.05, 0) is 24.6 Å². The number of halogens is 1. The largest absolute Gasteiger partial charge is 0.467 e. The number of rotatable bonds is 7. The maximum absolute atomic E-state index is 13.1. The maximum Gasteiger partial charge on any atom is 0.328 e. The number of hydrogen-bond donors (Lipinski definition) is 1. The van der Waals surface area contributed by atoms with Crippen LogP contribution >= 0.6 is 0 Å². The lowest BCUT2D eigenvalue weighted by molar-refractivity contribution is -0.145. The lowest BCUT2D eigenvalue weighted by Crippen LogP contribution is -2.44. The Labute approximate surface area is 117 Å². The quantitative estimate of drug-likeness (QED) is 0.760. The number of ether oxygens (including phenoxy) is 2. The Morgan fingerprint density at radius 1 is 1.40 bits per heavy atom. The van der Waals surface area contributed by atoms with Gasteiger partial charge < -0.3 is 14.8 Å². The van der Waals surface area contributed by atoms with Crippen molar-refractivity contribution in [2.45, 2.75) is 19.4 Å². The van der Waals surface area contributed by atoms with Crippen LogP contribution in [0.5, 0.6) is 0 Å². The van der Waals surface area contributed by atoms with Crippen molar-refractivity contribution < 1.29 is 23.5 Å². The standard InChI is InChI=1S/C14H18FNO4/c1-3-20-9-13(17)16-12(14(18)19-2)8-10-5-4-6-11(15)7-10/h4-7,12H,3,8-9H2,1-2H3,(H,16,17)/t12-/m1/s1. The molecule has 0 aliphatic heterocycles. The molecule has 20 heavy (non-hydrogen) atoms. The number of benzene rings is 1. The molecule has 0 heterocycles. The molecular formula is C14H18FNO4. The molecule has 0 unspecified atom stereocenters. The van der Waals surface area contributed by atoms with Gasteiger partial charge in [0.25, 0.3) is 0 Å². The first-order chi connectivity index (χ1) is 9.56. The molecule has 1 atom stereocenters. The Morgan fingerprint density at radius 2 is 2.15 bits per heavy atom. The number of esters is 1. The molecule has 0 aliphatic carbocycles. The zero-order valence-electron chi connectivity index (χ0n) is 11.5. The molecule has 1 N–H and O–H groups in total. The highest BCUT2D eigenvalue weighted by Crippen LogP contribution is 2.07. The molecule has 0 saturated carbocycles. The predicted octanol–water partition coefficient (Wildman–Crippen LogP) is 1.06. The summed E-state index contributed by atoms with van der Waals surface area (Å²) in [5.41, 5.74) is 0.595. The van der Waals surface area contributed by atoms with Crippen molar-refractivity contribution in [3.05, 3.63) is 35.6 Å². The molecule has 0 aromatic heterocycles. The van der Waals surface area contributed by atoms with E-state index in [1.54, 1.807) is 19.1 Å². The zero-order valence-corrected chi connectivity index (χ0v) is 11.5. The molecule has 0 radical (unpaired) electrons. The molecule has 5 nitrogen and oxygen atoms in total. The Bertz CT molecular complexity index is 464. The van der Waals surface area contributed by atoms with Gasteiger partial charge in [0, 0.05) is 13.0 Å². The average Bonchev–Trinajstić information content (AvgIpc) is 2.43. The normalized spacial score (nSPS) is 11.8. The zero-order chi connectivity index (χ0) is 15.0. The number of carbonyl (C=O) groups is 2. The SMILES string of the molecule is CCOCC(=O)N[C@H](Cc1cccc(F)c1)C(=O)OC. The minimum Gasteiger partial charge on any atom is -0.467 e. The second-order valence-electron chi connectivity index (χ2n) is 4.11. The number of nitrogens with one attached hydrogen (secondary N) is 1. The van der Waals surface area contributed by atoms with Crippen LogP contribution in [-0.4, -0.2) is 38.2 Å². The summed E-state index contributed by atoms with van der Waals surface area (Å²) in [4.78, 5) is 23.2. The first-order valence-electron chi connectivity index (χ1n) is 6.26. The lowest BCUT2D eigenvalue weighted by atomic mass is 10.1. The Morgan fingerprint density at radius 3 is 2.75 bits per heavy atom. The summed E-state index contributed by atoms with van der Waals surface area (Å²) in [5, 5.41) is 2.51. The van der Waals surface area contributed by atoms with Crippen LogP contribution in [0.2, 0.25) is 0 Å². The van der Waals surface area contributed by atoms with Gasteiger partial charge in [-0.2, -0.15) is 0 Å². The van der Waals surface area contributed by atoms with Gasteiger partial charge in [-0.15, -0.1) is 0 Å². The summed E-state index contributed by atoms with van der Waals surface area (Å²) in [6, 6.07) is 4.97. The molecule has 1 rings (SSSR count). The van der Waals surface area contributed by atoms with Gasteiger partial charge in [-0.25, -0.2) is 9.18 Å². The van der Waals surface area contributed by atoms with Crippen molar-refractivity contribution in [3.63, 3.8) is 0 Å². The second kappa shape index (κ2) is 8.27. The van der Waals surface area contributed by atoms with Crippen LogP contribution in [0.3, 0.4) is 0 Å². The van der Waals surface area contributed by atoms with Crippen LogP contribution < -0.4 is 5.32 Å². The number of methoxy groups -OCH3 is 1. The van der Waals surface area contributed by atoms with Crippen molar-refractivity contribution in [2.24, 2.45) is 0 Å². The Balaban J connectivity index is 2.69. The summed E-state index contributed by atoms with van der Waals surface area (Å²) >= 11 is 0. The predicted molar refractivity (Wildman–Crippen MR) is 70.5 cm³/mol. The summed E-state index contributed by atoms with van der Waals surface area (Å²) in [5.74, 6) is -1.40. The van der Waals surface area contributed by atoms with E-state index in [9.17, 15) is 14.0 Å². The van der Waals surface area contributed by atoms with E-state index in [-0.39, 0.29) is 13.0 Å². The summed E-state index contributed by atoms with van der Waals surface area (Å²) in [6.07, 6.45) is 0.155. The van der Waals surface area contributed by atoms with Gasteiger partial charge in [-0.3, -0.25) is 4.79 Å². The van der Waals surface area contributed by atoms with Crippen LogP contribution in [0.15, 0.2) is 24.3 Å². The fraction of sp³-hybridized carbons (Fsp3) is 0.429. The van der Waals surface area contributed by atoms with Gasteiger partial charge >= 0.3 is 5.97 Å². The third-order valence-electron chi connectivity index (χ3n) is 2.59. The Hall–Kier alpha value is -1.95. The molecular weight excluding hydrogens is 265 g/mol. The minimum absolute atomic E-state index is 0.132. The highest BCUT2D eigenvalue weighted by Gasteiger charge is 2.22. The highest BCUT2D eigenvalue weighted by molar-refractivity contribution is 5.85. The first-order valence-corrected chi connectivity index (χ1v) is 6.26. The summed E-state index contributed by atoms with van der Waals surface area (Å²) in [6.45, 7) is 2.03. The lowest BCUT2D eigenvalue weighted by Gasteiger charge is -2.16. The molecule has 0 saturated heterocycles. The maximum atomic E-state index is 13.1. The molecule has 0 spiro atoms. The molecule has 6 heteroatoms. The van der Waals surface area contributed by atoms with Crippen molar-refractivity contribution in [2.75, 3.05) is 20.3 Å². The fourth-order valence-electron chi connectivity index (χ4n) is 1.67. The monoisotopic (exact) mass is 283 g/mol. The fourth-order valence-corrected chi connectivity index (χ4v) is 1.67. The minimum atomic E-state index is -0.866. The van der Waals surface area contributed by atoms with Gasteiger partial charge in [0.15, 0.2) is 0 Å². The van der Waals surface area contributed by atoms with Crippen LogP contribution in [0.1, 0.15) is 12.5 Å². The van der Waals surface area contributed by atoms with E-state index in [0.29, 0.717) is 12.2 Å². The molecule has 0 fully saturated rings. The number of amides is 1. The van der Waals surface area contributed by atoms with Gasteiger partial charge in [0.1, 0.15) is 18.5 Å². The van der Waals surface area contributed by atoms with Gasteiger partial charge in [-0.1, -0.05) is 12.1 Å². The van der Waals surface area contributed by atoms with Crippen molar-refractivity contribution in [3.8, 4) is 0 Å². The molecule has 1 aromatic carbocycles. The first kappa shape index (κ1) is 16.1. The second-order valence-corrected chi connectivity index (χ2v) is 4.11. The topological polar surface area (TPSA) is 64.6 Å². The van der Waals surface area contributed by atoms with E-state index in [1.807, 2.05) is 0 Å². The van der Waals surface area contributed by atoms with Gasteiger partial charge in [0.05, 0.1) is 7.11 Å². The number of carbonyl (C=O) groups excluding carboxylic acids is 2. The van der Waals surface area contributed by atoms with Crippen LogP contribution in [0.25, 0.3) is 0 Å². The van der Waals surface area contributed by atoms with Crippen LogP contribution in [-0.2, 0) is 25.5 Å². The molecule has 0 bridgehead atoms. The third kappa shape index (κ3) is 5.36. The van der Waals surface area contributed by atoms with Crippen LogP contribution in [0.4, 0.5) is 4.39 Å². The van der Waals surface area contributed by atoms with E-state index in [2.05, 4.69) is 10.1 Å². The van der Waals surface area contributed by atoms with Crippen molar-refractivity contribution >= 4 is 11.9 Å². The summed E-state index contributed by atoms with van der Waals surface area (Å²) in [7, 11) is 1.23. The highest BCUT2D eigenvalue weighted by atomic mass is 19.1. The van der Waals surface area contributed by atoms with Crippen molar-refractivity contribution in [1.82, 2.24) is 5.32 Å². The molecule has 110 valence electrons. The number of hydrogen-bond acceptors (Lipinski definition) is 4. The van der Waals surface area contributed by atoms with E-state index >= 15 is 0 Å². The average molecular weight is 283 g/mol. The van der Waals surface area contributed by atoms with E-state index in [0.717, 1.165) is 0 Å². The van der Waals surface area contributed by atoms with Crippen LogP contribution in [0, 0.1) is 5.82 Å². The molecule has 1 aromatic rings. The van der Waals surface area contributed by atoms with E-state index in [4.69, 9.17) is 4.74 Å². The van der Waals surface area contributed by atoms with E-state index < -0.39 is 23.7 Å². The van der Waals surface area contributed by atoms with Gasteiger partial charge in [0.2, 0.25) is 5.91 Å². The Kier molecular flexibility index (Phi) is 6.66. The third-order valence-corrected chi connectivity index (χ3v) is 2.59. The molecule has 0 aliphatic rings. The molecule has 1 amide bonds. The summed E-state index contributed by atoms with van der Waals surface area (Å²) < 4.78 is 22.7.